The normalized spacial score (nSPS) is 12.5. The van der Waals surface area contributed by atoms with E-state index in [0.717, 1.165) is 17.2 Å². The second-order valence-corrected chi connectivity index (χ2v) is 6.77. The van der Waals surface area contributed by atoms with Crippen LogP contribution in [0.4, 0.5) is 0 Å². The van der Waals surface area contributed by atoms with Crippen LogP contribution in [-0.4, -0.2) is 35.3 Å². The van der Waals surface area contributed by atoms with Gasteiger partial charge in [0.25, 0.3) is 5.89 Å². The Morgan fingerprint density at radius 1 is 1.25 bits per heavy atom. The van der Waals surface area contributed by atoms with Crippen LogP contribution in [0.1, 0.15) is 18.9 Å². The fraction of sp³-hybridized carbons (Fsp3) is 0.294. The molecule has 3 aromatic rings. The molecule has 2 aromatic heterocycles. The van der Waals surface area contributed by atoms with Crippen LogP contribution in [0, 0.1) is 0 Å². The van der Waals surface area contributed by atoms with Crippen LogP contribution in [0.5, 0.6) is 5.75 Å². The first-order chi connectivity index (χ1) is 11.6. The Kier molecular flexibility index (Phi) is 5.50. The zero-order valence-electron chi connectivity index (χ0n) is 13.5. The van der Waals surface area contributed by atoms with Crippen molar-refractivity contribution in [2.24, 2.45) is 0 Å². The molecule has 2 heterocycles. The summed E-state index contributed by atoms with van der Waals surface area (Å²) in [6, 6.07) is 11.3. The van der Waals surface area contributed by atoms with Crippen LogP contribution in [0.25, 0.3) is 10.8 Å². The number of hydrogen-bond acceptors (Lipinski definition) is 6. The van der Waals surface area contributed by atoms with Gasteiger partial charge >= 0.3 is 0 Å². The predicted octanol–water partition coefficient (Wildman–Crippen LogP) is 4.52. The van der Waals surface area contributed by atoms with Gasteiger partial charge in [-0.1, -0.05) is 17.7 Å². The molecule has 0 aliphatic carbocycles. The second-order valence-electron chi connectivity index (χ2n) is 5.38. The maximum Gasteiger partial charge on any atom is 0.257 e. The molecule has 1 aromatic carbocycles. The molecule has 0 aliphatic heterocycles. The van der Waals surface area contributed by atoms with E-state index in [0.29, 0.717) is 23.4 Å². The van der Waals surface area contributed by atoms with E-state index in [1.54, 1.807) is 11.3 Å². The van der Waals surface area contributed by atoms with Gasteiger partial charge < -0.3 is 9.15 Å². The molecule has 0 saturated heterocycles. The molecule has 0 bridgehead atoms. The van der Waals surface area contributed by atoms with Gasteiger partial charge in [-0.2, -0.15) is 0 Å². The number of thiophene rings is 1. The summed E-state index contributed by atoms with van der Waals surface area (Å²) in [5.74, 6) is 1.98. The van der Waals surface area contributed by atoms with Crippen LogP contribution >= 0.6 is 22.9 Å². The number of rotatable bonds is 7. The van der Waals surface area contributed by atoms with Crippen LogP contribution in [0.15, 0.2) is 46.2 Å². The van der Waals surface area contributed by atoms with Gasteiger partial charge in [0.05, 0.1) is 10.9 Å². The van der Waals surface area contributed by atoms with Crippen LogP contribution < -0.4 is 4.74 Å². The maximum atomic E-state index is 5.86. The largest absolute Gasteiger partial charge is 0.492 e. The SMILES string of the molecule is CC(c1nnc(-c2cccs2)o1)N(C)CCOc1ccc(Cl)cc1. The van der Waals surface area contributed by atoms with Crippen molar-refractivity contribution < 1.29 is 9.15 Å². The summed E-state index contributed by atoms with van der Waals surface area (Å²) in [6.07, 6.45) is 0. The van der Waals surface area contributed by atoms with Gasteiger partial charge in [0.15, 0.2) is 0 Å². The number of ether oxygens (including phenoxy) is 1. The number of nitrogens with zero attached hydrogens (tertiary/aromatic N) is 3. The highest BCUT2D eigenvalue weighted by Crippen LogP contribution is 2.26. The summed E-state index contributed by atoms with van der Waals surface area (Å²) < 4.78 is 11.5. The average molecular weight is 364 g/mol. The van der Waals surface area contributed by atoms with E-state index in [-0.39, 0.29) is 6.04 Å². The van der Waals surface area contributed by atoms with E-state index >= 15 is 0 Å². The molecule has 0 fully saturated rings. The van der Waals surface area contributed by atoms with Gasteiger partial charge in [0, 0.05) is 11.6 Å². The molecule has 1 unspecified atom stereocenters. The molecule has 24 heavy (non-hydrogen) atoms. The van der Waals surface area contributed by atoms with Gasteiger partial charge in [0.1, 0.15) is 12.4 Å². The summed E-state index contributed by atoms with van der Waals surface area (Å²) in [5.41, 5.74) is 0. The van der Waals surface area contributed by atoms with E-state index in [4.69, 9.17) is 20.8 Å². The molecular weight excluding hydrogens is 346 g/mol. The number of aromatic nitrogens is 2. The summed E-state index contributed by atoms with van der Waals surface area (Å²) in [7, 11) is 2.00. The highest BCUT2D eigenvalue weighted by Gasteiger charge is 2.19. The summed E-state index contributed by atoms with van der Waals surface area (Å²) >= 11 is 7.44. The predicted molar refractivity (Wildman–Crippen MR) is 95.6 cm³/mol. The van der Waals surface area contributed by atoms with Crippen molar-refractivity contribution in [1.82, 2.24) is 15.1 Å². The van der Waals surface area contributed by atoms with Gasteiger partial charge in [0.2, 0.25) is 5.89 Å². The molecular formula is C17H18ClN3O2S. The van der Waals surface area contributed by atoms with Crippen molar-refractivity contribution in [1.29, 1.82) is 0 Å². The zero-order chi connectivity index (χ0) is 16.9. The molecule has 0 aliphatic rings. The van der Waals surface area contributed by atoms with Gasteiger partial charge in [-0.15, -0.1) is 21.5 Å². The third-order valence-electron chi connectivity index (χ3n) is 3.72. The Morgan fingerprint density at radius 2 is 2.04 bits per heavy atom. The average Bonchev–Trinajstić information content (AvgIpc) is 3.27. The van der Waals surface area contributed by atoms with E-state index in [9.17, 15) is 0 Å². The number of benzene rings is 1. The molecule has 5 nitrogen and oxygen atoms in total. The third-order valence-corrected chi connectivity index (χ3v) is 4.83. The number of halogens is 1. The minimum atomic E-state index is 0.0139. The van der Waals surface area contributed by atoms with E-state index in [2.05, 4.69) is 15.1 Å². The lowest BCUT2D eigenvalue weighted by Gasteiger charge is -2.21. The van der Waals surface area contributed by atoms with Crippen molar-refractivity contribution in [2.75, 3.05) is 20.2 Å². The van der Waals surface area contributed by atoms with Gasteiger partial charge in [-0.25, -0.2) is 0 Å². The summed E-state index contributed by atoms with van der Waals surface area (Å²) in [6.45, 7) is 3.34. The highest BCUT2D eigenvalue weighted by molar-refractivity contribution is 7.13. The fourth-order valence-electron chi connectivity index (χ4n) is 2.12. The first kappa shape index (κ1) is 17.0. The molecule has 0 N–H and O–H groups in total. The highest BCUT2D eigenvalue weighted by atomic mass is 35.5. The van der Waals surface area contributed by atoms with Crippen LogP contribution in [0.3, 0.4) is 0 Å². The minimum absolute atomic E-state index is 0.0139. The smallest absolute Gasteiger partial charge is 0.257 e. The Bertz CT molecular complexity index is 759. The molecule has 126 valence electrons. The second kappa shape index (κ2) is 7.79. The van der Waals surface area contributed by atoms with E-state index in [1.165, 1.54) is 0 Å². The number of likely N-dealkylation sites (N-methyl/N-ethyl adjacent to an activating group) is 1. The first-order valence-corrected chi connectivity index (χ1v) is 8.85. The lowest BCUT2D eigenvalue weighted by molar-refractivity contribution is 0.182. The minimum Gasteiger partial charge on any atom is -0.492 e. The molecule has 0 amide bonds. The monoisotopic (exact) mass is 363 g/mol. The zero-order valence-corrected chi connectivity index (χ0v) is 15.0. The van der Waals surface area contributed by atoms with Crippen molar-refractivity contribution in [3.8, 4) is 16.5 Å². The van der Waals surface area contributed by atoms with Crippen molar-refractivity contribution >= 4 is 22.9 Å². The Labute approximate surface area is 149 Å². The maximum absolute atomic E-state index is 5.86. The molecule has 1 atom stereocenters. The molecule has 3 rings (SSSR count). The quantitative estimate of drug-likeness (QED) is 0.617. The molecule has 0 radical (unpaired) electrons. The van der Waals surface area contributed by atoms with E-state index in [1.807, 2.05) is 55.7 Å². The Hall–Kier alpha value is -1.89. The molecule has 0 spiro atoms. The van der Waals surface area contributed by atoms with E-state index < -0.39 is 0 Å². The van der Waals surface area contributed by atoms with Gasteiger partial charge in [-0.3, -0.25) is 4.90 Å². The number of hydrogen-bond donors (Lipinski definition) is 0. The van der Waals surface area contributed by atoms with Crippen LogP contribution in [-0.2, 0) is 0 Å². The molecule has 0 saturated carbocycles. The molecule has 7 heteroatoms. The summed E-state index contributed by atoms with van der Waals surface area (Å²) in [5, 5.41) is 11.0. The lowest BCUT2D eigenvalue weighted by Crippen LogP contribution is -2.27. The lowest BCUT2D eigenvalue weighted by atomic mass is 10.3. The van der Waals surface area contributed by atoms with Crippen molar-refractivity contribution in [3.63, 3.8) is 0 Å². The Morgan fingerprint density at radius 3 is 2.75 bits per heavy atom. The summed E-state index contributed by atoms with van der Waals surface area (Å²) in [4.78, 5) is 3.09. The topological polar surface area (TPSA) is 51.4 Å². The van der Waals surface area contributed by atoms with Crippen LogP contribution in [0.2, 0.25) is 5.02 Å². The fourth-order valence-corrected chi connectivity index (χ4v) is 2.89. The standard InChI is InChI=1S/C17H18ClN3O2S/c1-12(16-19-20-17(23-16)15-4-3-11-24-15)21(2)9-10-22-14-7-5-13(18)6-8-14/h3-8,11-12H,9-10H2,1-2H3. The third kappa shape index (κ3) is 4.14. The first-order valence-electron chi connectivity index (χ1n) is 7.59. The Balaban J connectivity index is 1.53. The van der Waals surface area contributed by atoms with Gasteiger partial charge in [-0.05, 0) is 49.7 Å². The van der Waals surface area contributed by atoms with Crippen molar-refractivity contribution in [2.45, 2.75) is 13.0 Å². The van der Waals surface area contributed by atoms with Crippen molar-refractivity contribution in [3.05, 3.63) is 52.7 Å².